The van der Waals surface area contributed by atoms with Crippen LogP contribution in [0.3, 0.4) is 0 Å². The Labute approximate surface area is 166 Å². The van der Waals surface area contributed by atoms with Gasteiger partial charge in [-0.15, -0.1) is 0 Å². The van der Waals surface area contributed by atoms with Crippen LogP contribution in [0.15, 0.2) is 54.6 Å². The fraction of sp³-hybridized carbons (Fsp3) is 0.391. The first-order valence-corrected chi connectivity index (χ1v) is 9.90. The molecule has 0 unspecified atom stereocenters. The smallest absolute Gasteiger partial charge is 0.243 e. The van der Waals surface area contributed by atoms with Crippen LogP contribution in [0.25, 0.3) is 0 Å². The molecule has 0 aliphatic heterocycles. The molecular formula is C23H29FN2O2. The number of carbonyl (C=O) groups excluding carboxylic acids is 2. The SMILES string of the molecule is CCCNC(=O)[C@H](Cc1ccccc1)N(Cc1ccc(F)cc1)C(=O)CCC. The molecule has 0 saturated carbocycles. The first-order chi connectivity index (χ1) is 13.5. The zero-order valence-electron chi connectivity index (χ0n) is 16.7. The van der Waals surface area contributed by atoms with E-state index in [0.717, 1.165) is 17.5 Å². The van der Waals surface area contributed by atoms with Gasteiger partial charge in [-0.3, -0.25) is 9.59 Å². The lowest BCUT2D eigenvalue weighted by atomic mass is 10.0. The summed E-state index contributed by atoms with van der Waals surface area (Å²) in [5.74, 6) is -0.548. The van der Waals surface area contributed by atoms with Gasteiger partial charge in [0.25, 0.3) is 0 Å². The molecule has 0 fully saturated rings. The first-order valence-electron chi connectivity index (χ1n) is 9.90. The minimum Gasteiger partial charge on any atom is -0.354 e. The lowest BCUT2D eigenvalue weighted by Crippen LogP contribution is -2.50. The molecule has 150 valence electrons. The Balaban J connectivity index is 2.32. The van der Waals surface area contributed by atoms with Gasteiger partial charge >= 0.3 is 0 Å². The van der Waals surface area contributed by atoms with Gasteiger partial charge in [-0.2, -0.15) is 0 Å². The summed E-state index contributed by atoms with van der Waals surface area (Å²) in [6.07, 6.45) is 2.33. The van der Waals surface area contributed by atoms with Crippen LogP contribution in [0, 0.1) is 5.82 Å². The minimum absolute atomic E-state index is 0.0700. The van der Waals surface area contributed by atoms with Gasteiger partial charge in [-0.25, -0.2) is 4.39 Å². The predicted molar refractivity (Wildman–Crippen MR) is 109 cm³/mol. The van der Waals surface area contributed by atoms with E-state index in [1.165, 1.54) is 12.1 Å². The average molecular weight is 384 g/mol. The molecular weight excluding hydrogens is 355 g/mol. The van der Waals surface area contributed by atoms with Crippen LogP contribution in [-0.4, -0.2) is 29.3 Å². The summed E-state index contributed by atoms with van der Waals surface area (Å²) in [5.41, 5.74) is 1.79. The lowest BCUT2D eigenvalue weighted by Gasteiger charge is -2.31. The number of rotatable bonds is 10. The van der Waals surface area contributed by atoms with Gasteiger partial charge in [-0.05, 0) is 36.1 Å². The second kappa shape index (κ2) is 11.2. The Kier molecular flexibility index (Phi) is 8.66. The number of hydrogen-bond acceptors (Lipinski definition) is 2. The average Bonchev–Trinajstić information content (AvgIpc) is 2.71. The zero-order chi connectivity index (χ0) is 20.4. The van der Waals surface area contributed by atoms with Crippen LogP contribution < -0.4 is 5.32 Å². The standard InChI is InChI=1S/C23H29FN2O2/c1-3-8-22(27)26(17-19-11-13-20(24)14-12-19)21(23(28)25-15-4-2)16-18-9-6-5-7-10-18/h5-7,9-14,21H,3-4,8,15-17H2,1-2H3,(H,25,28)/t21-/m0/s1. The number of hydrogen-bond donors (Lipinski definition) is 1. The van der Waals surface area contributed by atoms with Crippen molar-refractivity contribution in [3.8, 4) is 0 Å². The maximum Gasteiger partial charge on any atom is 0.243 e. The van der Waals surface area contributed by atoms with Gasteiger partial charge < -0.3 is 10.2 Å². The van der Waals surface area contributed by atoms with Crippen LogP contribution in [0.1, 0.15) is 44.2 Å². The third-order valence-electron chi connectivity index (χ3n) is 4.55. The van der Waals surface area contributed by atoms with Crippen molar-refractivity contribution < 1.29 is 14.0 Å². The minimum atomic E-state index is -0.613. The third kappa shape index (κ3) is 6.48. The molecule has 2 rings (SSSR count). The van der Waals surface area contributed by atoms with E-state index in [0.29, 0.717) is 25.8 Å². The monoisotopic (exact) mass is 384 g/mol. The molecule has 1 atom stereocenters. The molecule has 0 radical (unpaired) electrons. The molecule has 0 bridgehead atoms. The topological polar surface area (TPSA) is 49.4 Å². The number of nitrogens with zero attached hydrogens (tertiary/aromatic N) is 1. The van der Waals surface area contributed by atoms with E-state index in [1.54, 1.807) is 17.0 Å². The fourth-order valence-electron chi connectivity index (χ4n) is 3.06. The van der Waals surface area contributed by atoms with Gasteiger partial charge in [0.2, 0.25) is 11.8 Å². The molecule has 2 aromatic carbocycles. The van der Waals surface area contributed by atoms with Crippen molar-refractivity contribution in [2.24, 2.45) is 0 Å². The van der Waals surface area contributed by atoms with E-state index in [9.17, 15) is 14.0 Å². The Hall–Kier alpha value is -2.69. The van der Waals surface area contributed by atoms with Crippen molar-refractivity contribution in [3.05, 3.63) is 71.5 Å². The van der Waals surface area contributed by atoms with E-state index in [2.05, 4.69) is 5.32 Å². The van der Waals surface area contributed by atoms with Crippen LogP contribution in [-0.2, 0) is 22.6 Å². The normalized spacial score (nSPS) is 11.7. The molecule has 0 aliphatic rings. The number of halogens is 1. The molecule has 0 aliphatic carbocycles. The summed E-state index contributed by atoms with van der Waals surface area (Å²) >= 11 is 0. The Morgan fingerprint density at radius 2 is 1.64 bits per heavy atom. The Morgan fingerprint density at radius 3 is 2.25 bits per heavy atom. The van der Waals surface area contributed by atoms with Gasteiger partial charge in [-0.1, -0.05) is 56.3 Å². The van der Waals surface area contributed by atoms with Gasteiger partial charge in [0.1, 0.15) is 11.9 Å². The van der Waals surface area contributed by atoms with E-state index >= 15 is 0 Å². The van der Waals surface area contributed by atoms with Crippen molar-refractivity contribution >= 4 is 11.8 Å². The summed E-state index contributed by atoms with van der Waals surface area (Å²) in [7, 11) is 0. The molecule has 28 heavy (non-hydrogen) atoms. The van der Waals surface area contributed by atoms with Crippen LogP contribution >= 0.6 is 0 Å². The molecule has 5 heteroatoms. The van der Waals surface area contributed by atoms with Crippen LogP contribution in [0.2, 0.25) is 0 Å². The number of amides is 2. The maximum atomic E-state index is 13.3. The van der Waals surface area contributed by atoms with E-state index in [4.69, 9.17) is 0 Å². The Bertz CT molecular complexity index is 747. The highest BCUT2D eigenvalue weighted by Crippen LogP contribution is 2.16. The zero-order valence-corrected chi connectivity index (χ0v) is 16.7. The highest BCUT2D eigenvalue weighted by atomic mass is 19.1. The number of nitrogens with one attached hydrogen (secondary N) is 1. The van der Waals surface area contributed by atoms with E-state index < -0.39 is 6.04 Å². The third-order valence-corrected chi connectivity index (χ3v) is 4.55. The van der Waals surface area contributed by atoms with Crippen molar-refractivity contribution in [1.29, 1.82) is 0 Å². The number of benzene rings is 2. The molecule has 1 N–H and O–H groups in total. The predicted octanol–water partition coefficient (Wildman–Crippen LogP) is 4.09. The number of carbonyl (C=O) groups is 2. The summed E-state index contributed by atoms with van der Waals surface area (Å²) in [6.45, 7) is 4.77. The summed E-state index contributed by atoms with van der Waals surface area (Å²) in [5, 5.41) is 2.93. The van der Waals surface area contributed by atoms with E-state index in [1.807, 2.05) is 44.2 Å². The van der Waals surface area contributed by atoms with Crippen molar-refractivity contribution in [3.63, 3.8) is 0 Å². The molecule has 4 nitrogen and oxygen atoms in total. The molecule has 2 aromatic rings. The van der Waals surface area contributed by atoms with Crippen molar-refractivity contribution in [1.82, 2.24) is 10.2 Å². The lowest BCUT2D eigenvalue weighted by molar-refractivity contribution is -0.141. The van der Waals surface area contributed by atoms with Crippen molar-refractivity contribution in [2.45, 2.75) is 52.1 Å². The van der Waals surface area contributed by atoms with Gasteiger partial charge in [0, 0.05) is 25.9 Å². The van der Waals surface area contributed by atoms with Gasteiger partial charge in [0.15, 0.2) is 0 Å². The van der Waals surface area contributed by atoms with Gasteiger partial charge in [0.05, 0.1) is 0 Å². The largest absolute Gasteiger partial charge is 0.354 e. The molecule has 0 aromatic heterocycles. The Morgan fingerprint density at radius 1 is 0.964 bits per heavy atom. The van der Waals surface area contributed by atoms with Crippen LogP contribution in [0.5, 0.6) is 0 Å². The molecule has 0 spiro atoms. The maximum absolute atomic E-state index is 13.3. The van der Waals surface area contributed by atoms with Crippen LogP contribution in [0.4, 0.5) is 4.39 Å². The molecule has 0 saturated heterocycles. The quantitative estimate of drug-likeness (QED) is 0.671. The molecule has 0 heterocycles. The second-order valence-corrected chi connectivity index (χ2v) is 6.89. The summed E-state index contributed by atoms with van der Waals surface area (Å²) < 4.78 is 13.3. The first kappa shape index (κ1) is 21.6. The highest BCUT2D eigenvalue weighted by molar-refractivity contribution is 5.88. The summed E-state index contributed by atoms with van der Waals surface area (Å²) in [6, 6.07) is 15.1. The molecule has 2 amide bonds. The summed E-state index contributed by atoms with van der Waals surface area (Å²) in [4.78, 5) is 27.5. The van der Waals surface area contributed by atoms with E-state index in [-0.39, 0.29) is 24.2 Å². The van der Waals surface area contributed by atoms with Crippen molar-refractivity contribution in [2.75, 3.05) is 6.54 Å². The highest BCUT2D eigenvalue weighted by Gasteiger charge is 2.29. The fourth-order valence-corrected chi connectivity index (χ4v) is 3.06. The second-order valence-electron chi connectivity index (χ2n) is 6.89.